The van der Waals surface area contributed by atoms with Crippen LogP contribution in [0.4, 0.5) is 0 Å². The Kier molecular flexibility index (Phi) is 4.91. The van der Waals surface area contributed by atoms with E-state index in [1.165, 1.54) is 28.7 Å². The predicted molar refractivity (Wildman–Crippen MR) is 93.3 cm³/mol. The molecule has 1 atom stereocenters. The van der Waals surface area contributed by atoms with E-state index in [1.54, 1.807) is 0 Å². The van der Waals surface area contributed by atoms with Crippen molar-refractivity contribution in [1.29, 1.82) is 0 Å². The summed E-state index contributed by atoms with van der Waals surface area (Å²) < 4.78 is 0. The molecule has 22 heavy (non-hydrogen) atoms. The van der Waals surface area contributed by atoms with Crippen molar-refractivity contribution in [2.24, 2.45) is 0 Å². The summed E-state index contributed by atoms with van der Waals surface area (Å²) in [5.74, 6) is 0. The summed E-state index contributed by atoms with van der Waals surface area (Å²) in [6, 6.07) is 18.2. The molecular weight excluding hydrogens is 268 g/mol. The van der Waals surface area contributed by atoms with Gasteiger partial charge in [0.15, 0.2) is 0 Å². The molecule has 2 heteroatoms. The molecule has 1 N–H and O–H groups in total. The minimum atomic E-state index is 0.363. The fourth-order valence-corrected chi connectivity index (χ4v) is 3.35. The quantitative estimate of drug-likeness (QED) is 0.929. The molecule has 3 rings (SSSR count). The first-order chi connectivity index (χ1) is 10.8. The van der Waals surface area contributed by atoms with Gasteiger partial charge in [0.2, 0.25) is 0 Å². The minimum Gasteiger partial charge on any atom is -0.315 e. The second kappa shape index (κ2) is 7.08. The fraction of sp³-hybridized carbons (Fsp3) is 0.400. The topological polar surface area (TPSA) is 15.3 Å². The van der Waals surface area contributed by atoms with Gasteiger partial charge in [-0.1, -0.05) is 54.1 Å². The zero-order valence-electron chi connectivity index (χ0n) is 13.7. The third kappa shape index (κ3) is 3.40. The molecular formula is C20H26N2. The lowest BCUT2D eigenvalue weighted by molar-refractivity contribution is 0.240. The molecule has 0 bridgehead atoms. The minimum absolute atomic E-state index is 0.363. The SMILES string of the molecule is Cc1ccc(C(c2ccccc2C)N2CCCNCC2)cc1. The number of nitrogens with one attached hydrogen (secondary N) is 1. The van der Waals surface area contributed by atoms with Crippen molar-refractivity contribution in [3.05, 3.63) is 70.8 Å². The smallest absolute Gasteiger partial charge is 0.0604 e. The van der Waals surface area contributed by atoms with Crippen molar-refractivity contribution in [3.63, 3.8) is 0 Å². The normalized spacial score (nSPS) is 17.9. The summed E-state index contributed by atoms with van der Waals surface area (Å²) in [5, 5.41) is 3.52. The maximum absolute atomic E-state index is 3.52. The lowest BCUT2D eigenvalue weighted by Gasteiger charge is -2.32. The second-order valence-electron chi connectivity index (χ2n) is 6.31. The summed E-state index contributed by atoms with van der Waals surface area (Å²) >= 11 is 0. The number of rotatable bonds is 3. The first-order valence-corrected chi connectivity index (χ1v) is 8.32. The van der Waals surface area contributed by atoms with Crippen molar-refractivity contribution in [1.82, 2.24) is 10.2 Å². The summed E-state index contributed by atoms with van der Waals surface area (Å²) in [6.07, 6.45) is 1.22. The Balaban J connectivity index is 2.01. The van der Waals surface area contributed by atoms with Gasteiger partial charge in [0, 0.05) is 19.6 Å². The van der Waals surface area contributed by atoms with Crippen molar-refractivity contribution in [3.8, 4) is 0 Å². The van der Waals surface area contributed by atoms with Gasteiger partial charge >= 0.3 is 0 Å². The molecule has 2 aromatic carbocycles. The Bertz CT molecular complexity index is 595. The molecule has 0 radical (unpaired) electrons. The van der Waals surface area contributed by atoms with Crippen molar-refractivity contribution in [2.75, 3.05) is 26.2 Å². The second-order valence-corrected chi connectivity index (χ2v) is 6.31. The number of hydrogen-bond donors (Lipinski definition) is 1. The highest BCUT2D eigenvalue weighted by Gasteiger charge is 2.24. The maximum atomic E-state index is 3.52. The average molecular weight is 294 g/mol. The van der Waals surface area contributed by atoms with Crippen LogP contribution in [0, 0.1) is 13.8 Å². The molecule has 116 valence electrons. The molecule has 1 aliphatic rings. The molecule has 1 heterocycles. The van der Waals surface area contributed by atoms with Crippen LogP contribution in [0.1, 0.15) is 34.7 Å². The van der Waals surface area contributed by atoms with Crippen LogP contribution >= 0.6 is 0 Å². The van der Waals surface area contributed by atoms with Gasteiger partial charge in [-0.2, -0.15) is 0 Å². The van der Waals surface area contributed by atoms with E-state index in [9.17, 15) is 0 Å². The van der Waals surface area contributed by atoms with E-state index >= 15 is 0 Å². The van der Waals surface area contributed by atoms with E-state index in [4.69, 9.17) is 0 Å². The van der Waals surface area contributed by atoms with Crippen molar-refractivity contribution < 1.29 is 0 Å². The average Bonchev–Trinajstić information content (AvgIpc) is 2.80. The third-order valence-electron chi connectivity index (χ3n) is 4.62. The molecule has 2 aromatic rings. The lowest BCUT2D eigenvalue weighted by atomic mass is 9.93. The zero-order chi connectivity index (χ0) is 15.4. The number of hydrogen-bond acceptors (Lipinski definition) is 2. The highest BCUT2D eigenvalue weighted by Crippen LogP contribution is 2.31. The van der Waals surface area contributed by atoms with Gasteiger partial charge in [-0.25, -0.2) is 0 Å². The molecule has 1 unspecified atom stereocenters. The van der Waals surface area contributed by atoms with Gasteiger partial charge in [0.05, 0.1) is 6.04 Å². The Labute approximate surface area is 134 Å². The van der Waals surface area contributed by atoms with Gasteiger partial charge in [-0.05, 0) is 43.5 Å². The van der Waals surface area contributed by atoms with E-state index in [0.29, 0.717) is 6.04 Å². The predicted octanol–water partition coefficient (Wildman–Crippen LogP) is 3.69. The Morgan fingerprint density at radius 3 is 2.45 bits per heavy atom. The van der Waals surface area contributed by atoms with E-state index in [1.807, 2.05) is 0 Å². The summed E-state index contributed by atoms with van der Waals surface area (Å²) in [7, 11) is 0. The summed E-state index contributed by atoms with van der Waals surface area (Å²) in [4.78, 5) is 2.63. The Morgan fingerprint density at radius 2 is 1.68 bits per heavy atom. The van der Waals surface area contributed by atoms with Gasteiger partial charge in [-0.15, -0.1) is 0 Å². The molecule has 0 saturated carbocycles. The van der Waals surface area contributed by atoms with E-state index in [0.717, 1.165) is 26.2 Å². The molecule has 0 aliphatic carbocycles. The van der Waals surface area contributed by atoms with Gasteiger partial charge < -0.3 is 5.32 Å². The van der Waals surface area contributed by atoms with E-state index in [2.05, 4.69) is 72.6 Å². The zero-order valence-corrected chi connectivity index (χ0v) is 13.7. The van der Waals surface area contributed by atoms with Crippen LogP contribution in [0.15, 0.2) is 48.5 Å². The number of aryl methyl sites for hydroxylation is 2. The van der Waals surface area contributed by atoms with Crippen molar-refractivity contribution in [2.45, 2.75) is 26.3 Å². The van der Waals surface area contributed by atoms with Crippen LogP contribution < -0.4 is 5.32 Å². The van der Waals surface area contributed by atoms with Gasteiger partial charge in [0.25, 0.3) is 0 Å². The Morgan fingerprint density at radius 1 is 0.909 bits per heavy atom. The first kappa shape index (κ1) is 15.3. The van der Waals surface area contributed by atoms with Crippen molar-refractivity contribution >= 4 is 0 Å². The Hall–Kier alpha value is -1.64. The molecule has 0 spiro atoms. The number of benzene rings is 2. The molecule has 0 aromatic heterocycles. The number of nitrogens with zero attached hydrogens (tertiary/aromatic N) is 1. The molecule has 1 saturated heterocycles. The van der Waals surface area contributed by atoms with E-state index < -0.39 is 0 Å². The van der Waals surface area contributed by atoms with Crippen LogP contribution in [-0.4, -0.2) is 31.1 Å². The first-order valence-electron chi connectivity index (χ1n) is 8.32. The van der Waals surface area contributed by atoms with E-state index in [-0.39, 0.29) is 0 Å². The van der Waals surface area contributed by atoms with Crippen LogP contribution in [-0.2, 0) is 0 Å². The molecule has 0 amide bonds. The summed E-state index contributed by atoms with van der Waals surface area (Å²) in [6.45, 7) is 8.85. The highest BCUT2D eigenvalue weighted by molar-refractivity contribution is 5.37. The standard InChI is InChI=1S/C20H26N2/c1-16-8-10-18(11-9-16)20(19-7-4-3-6-17(19)2)22-14-5-12-21-13-15-22/h3-4,6-11,20-21H,5,12-15H2,1-2H3. The van der Waals surface area contributed by atoms with Crippen LogP contribution in [0.25, 0.3) is 0 Å². The fourth-order valence-electron chi connectivity index (χ4n) is 3.35. The molecule has 1 fully saturated rings. The molecule has 1 aliphatic heterocycles. The van der Waals surface area contributed by atoms with Crippen LogP contribution in [0.5, 0.6) is 0 Å². The van der Waals surface area contributed by atoms with Gasteiger partial charge in [-0.3, -0.25) is 4.90 Å². The summed E-state index contributed by atoms with van der Waals surface area (Å²) in [5.41, 5.74) is 5.55. The lowest BCUT2D eigenvalue weighted by Crippen LogP contribution is -2.33. The monoisotopic (exact) mass is 294 g/mol. The van der Waals surface area contributed by atoms with Gasteiger partial charge in [0.1, 0.15) is 0 Å². The maximum Gasteiger partial charge on any atom is 0.0604 e. The van der Waals surface area contributed by atoms with Crippen LogP contribution in [0.3, 0.4) is 0 Å². The third-order valence-corrected chi connectivity index (χ3v) is 4.62. The largest absolute Gasteiger partial charge is 0.315 e. The van der Waals surface area contributed by atoms with Crippen LogP contribution in [0.2, 0.25) is 0 Å². The molecule has 2 nitrogen and oxygen atoms in total. The highest BCUT2D eigenvalue weighted by atomic mass is 15.2.